The van der Waals surface area contributed by atoms with E-state index in [-0.39, 0.29) is 6.04 Å². The van der Waals surface area contributed by atoms with E-state index in [4.69, 9.17) is 19.2 Å². The van der Waals surface area contributed by atoms with Crippen molar-refractivity contribution in [1.82, 2.24) is 24.9 Å². The van der Waals surface area contributed by atoms with Crippen LogP contribution in [-0.2, 0) is 11.3 Å². The number of aromatic nitrogens is 5. The molecule has 1 aliphatic rings. The largest absolute Gasteiger partial charge is 0.389 e. The third-order valence-electron chi connectivity index (χ3n) is 7.02. The molecule has 4 heterocycles. The number of rotatable bonds is 6. The molecule has 0 bridgehead atoms. The van der Waals surface area contributed by atoms with Gasteiger partial charge in [0.1, 0.15) is 11.6 Å². The molecule has 9 heteroatoms. The molecule has 1 N–H and O–H groups in total. The molecule has 6 rings (SSSR count). The molecular weight excluding hydrogens is 492 g/mol. The van der Waals surface area contributed by atoms with Gasteiger partial charge in [0.05, 0.1) is 54.4 Å². The molecule has 0 spiro atoms. The number of hydrogen-bond donors (Lipinski definition) is 1. The Morgan fingerprint density at radius 1 is 1.05 bits per heavy atom. The maximum Gasteiger partial charge on any atom is 0.165 e. The zero-order valence-electron chi connectivity index (χ0n) is 22.6. The quantitative estimate of drug-likeness (QED) is 0.327. The van der Waals surface area contributed by atoms with E-state index in [2.05, 4.69) is 51.6 Å². The third-order valence-corrected chi connectivity index (χ3v) is 7.02. The van der Waals surface area contributed by atoms with Crippen molar-refractivity contribution in [3.8, 4) is 22.5 Å². The Morgan fingerprint density at radius 3 is 2.62 bits per heavy atom. The van der Waals surface area contributed by atoms with E-state index in [1.807, 2.05) is 32.2 Å². The Balaban J connectivity index is 1.52. The van der Waals surface area contributed by atoms with Gasteiger partial charge in [-0.05, 0) is 51.0 Å². The molecule has 0 saturated carbocycles. The summed E-state index contributed by atoms with van der Waals surface area (Å²) in [5, 5.41) is 19.8. The van der Waals surface area contributed by atoms with Gasteiger partial charge in [-0.2, -0.15) is 5.10 Å². The lowest BCUT2D eigenvalue weighted by Gasteiger charge is -2.37. The second-order valence-electron chi connectivity index (χ2n) is 10.7. The molecule has 39 heavy (non-hydrogen) atoms. The minimum Gasteiger partial charge on any atom is -0.389 e. The first kappa shape index (κ1) is 25.2. The van der Waals surface area contributed by atoms with Crippen LogP contribution in [0.1, 0.15) is 36.9 Å². The number of aryl methyl sites for hydroxylation is 2. The van der Waals surface area contributed by atoms with Gasteiger partial charge in [-0.15, -0.1) is 0 Å². The van der Waals surface area contributed by atoms with Crippen LogP contribution in [0, 0.1) is 13.8 Å². The molecule has 5 aromatic rings. The Kier molecular flexibility index (Phi) is 6.40. The number of anilines is 1. The highest BCUT2D eigenvalue weighted by Crippen LogP contribution is 2.37. The van der Waals surface area contributed by atoms with Crippen LogP contribution < -0.4 is 4.90 Å². The van der Waals surface area contributed by atoms with Gasteiger partial charge in [0.25, 0.3) is 0 Å². The smallest absolute Gasteiger partial charge is 0.165 e. The highest BCUT2D eigenvalue weighted by atomic mass is 16.5. The summed E-state index contributed by atoms with van der Waals surface area (Å²) in [7, 11) is 0. The highest BCUT2D eigenvalue weighted by molar-refractivity contribution is 5.95. The number of benzene rings is 2. The Hall–Kier alpha value is -4.08. The van der Waals surface area contributed by atoms with Gasteiger partial charge in [-0.1, -0.05) is 41.6 Å². The summed E-state index contributed by atoms with van der Waals surface area (Å²) in [6.07, 6.45) is 3.64. The van der Waals surface area contributed by atoms with Crippen LogP contribution in [0.4, 0.5) is 5.82 Å². The summed E-state index contributed by atoms with van der Waals surface area (Å²) >= 11 is 0. The second kappa shape index (κ2) is 9.91. The predicted molar refractivity (Wildman–Crippen MR) is 149 cm³/mol. The van der Waals surface area contributed by atoms with Crippen LogP contribution in [0.3, 0.4) is 0 Å². The van der Waals surface area contributed by atoms with Crippen LogP contribution >= 0.6 is 0 Å². The Morgan fingerprint density at radius 2 is 1.87 bits per heavy atom. The van der Waals surface area contributed by atoms with Crippen molar-refractivity contribution in [2.75, 3.05) is 24.7 Å². The first-order valence-corrected chi connectivity index (χ1v) is 13.2. The third kappa shape index (κ3) is 5.03. The molecule has 0 radical (unpaired) electrons. The van der Waals surface area contributed by atoms with Crippen LogP contribution in [0.15, 0.2) is 65.4 Å². The summed E-state index contributed by atoms with van der Waals surface area (Å²) in [6, 6.07) is 16.6. The summed E-state index contributed by atoms with van der Waals surface area (Å²) in [6.45, 7) is 9.64. The number of fused-ring (bicyclic) bond motifs is 1. The monoisotopic (exact) mass is 524 g/mol. The average molecular weight is 525 g/mol. The van der Waals surface area contributed by atoms with Gasteiger partial charge in [-0.3, -0.25) is 4.68 Å². The fourth-order valence-corrected chi connectivity index (χ4v) is 5.28. The zero-order valence-corrected chi connectivity index (χ0v) is 22.6. The molecule has 1 unspecified atom stereocenters. The molecule has 2 aromatic carbocycles. The number of hydrogen-bond acceptors (Lipinski definition) is 8. The lowest BCUT2D eigenvalue weighted by atomic mass is 10.0. The number of aliphatic hydroxyl groups is 1. The lowest BCUT2D eigenvalue weighted by molar-refractivity contribution is 0.0577. The van der Waals surface area contributed by atoms with E-state index in [0.29, 0.717) is 32.1 Å². The minimum atomic E-state index is -0.885. The highest BCUT2D eigenvalue weighted by Gasteiger charge is 2.28. The van der Waals surface area contributed by atoms with Crippen molar-refractivity contribution in [3.05, 3.63) is 77.9 Å². The SMILES string of the molecule is Cc1noc(C)c1-c1ccc2nc(-c3cnn(CC(C)(C)O)c3)nc(N3CCOCC3c3ccccc3)c2c1. The summed E-state index contributed by atoms with van der Waals surface area (Å²) < 4.78 is 13.1. The molecule has 0 amide bonds. The average Bonchev–Trinajstić information content (AvgIpc) is 3.52. The van der Waals surface area contributed by atoms with Crippen molar-refractivity contribution in [3.63, 3.8) is 0 Å². The Bertz CT molecular complexity index is 1600. The van der Waals surface area contributed by atoms with Crippen LogP contribution in [-0.4, -0.2) is 55.4 Å². The first-order valence-electron chi connectivity index (χ1n) is 13.2. The van der Waals surface area contributed by atoms with Gasteiger partial charge < -0.3 is 19.3 Å². The molecule has 200 valence electrons. The molecule has 0 aliphatic carbocycles. The molecule has 1 atom stereocenters. The maximum atomic E-state index is 10.3. The van der Waals surface area contributed by atoms with Crippen molar-refractivity contribution in [1.29, 1.82) is 0 Å². The number of morpholine rings is 1. The number of ether oxygens (including phenoxy) is 1. The molecule has 3 aromatic heterocycles. The Labute approximate surface area is 227 Å². The zero-order chi connectivity index (χ0) is 27.1. The van der Waals surface area contributed by atoms with Crippen molar-refractivity contribution >= 4 is 16.7 Å². The van der Waals surface area contributed by atoms with E-state index in [0.717, 1.165) is 44.9 Å². The molecule has 9 nitrogen and oxygen atoms in total. The fraction of sp³-hybridized carbons (Fsp3) is 0.333. The normalized spacial score (nSPS) is 16.2. The minimum absolute atomic E-state index is 0.00605. The van der Waals surface area contributed by atoms with Crippen LogP contribution in [0.2, 0.25) is 0 Å². The van der Waals surface area contributed by atoms with Gasteiger partial charge in [-0.25, -0.2) is 9.97 Å². The van der Waals surface area contributed by atoms with E-state index >= 15 is 0 Å². The summed E-state index contributed by atoms with van der Waals surface area (Å²) in [5.74, 6) is 2.21. The predicted octanol–water partition coefficient (Wildman–Crippen LogP) is 5.11. The molecule has 1 aliphatic heterocycles. The summed E-state index contributed by atoms with van der Waals surface area (Å²) in [5.41, 5.74) is 4.76. The second-order valence-corrected chi connectivity index (χ2v) is 10.7. The summed E-state index contributed by atoms with van der Waals surface area (Å²) in [4.78, 5) is 12.4. The molecule has 1 fully saturated rings. The van der Waals surface area contributed by atoms with Crippen LogP contribution in [0.25, 0.3) is 33.4 Å². The van der Waals surface area contributed by atoms with Crippen molar-refractivity contribution in [2.45, 2.75) is 45.9 Å². The van der Waals surface area contributed by atoms with Gasteiger partial charge in [0.2, 0.25) is 0 Å². The van der Waals surface area contributed by atoms with Gasteiger partial charge >= 0.3 is 0 Å². The van der Waals surface area contributed by atoms with E-state index < -0.39 is 5.60 Å². The van der Waals surface area contributed by atoms with E-state index in [1.54, 1.807) is 24.7 Å². The van der Waals surface area contributed by atoms with E-state index in [9.17, 15) is 5.11 Å². The molecule has 1 saturated heterocycles. The maximum absolute atomic E-state index is 10.3. The first-order chi connectivity index (χ1) is 18.8. The fourth-order valence-electron chi connectivity index (χ4n) is 5.28. The van der Waals surface area contributed by atoms with E-state index in [1.165, 1.54) is 5.56 Å². The van der Waals surface area contributed by atoms with Gasteiger partial charge in [0, 0.05) is 23.7 Å². The van der Waals surface area contributed by atoms with Gasteiger partial charge in [0.15, 0.2) is 5.82 Å². The standard InChI is InChI=1S/C30H32N6O3/c1-19-27(20(2)39-34-19)22-10-11-25-24(14-22)29(36-12-13-38-17-26(36)21-8-6-5-7-9-21)33-28(32-25)23-15-31-35(16-23)18-30(3,4)37/h5-11,14-16,26,37H,12-13,17-18H2,1-4H3. The number of nitrogens with zero attached hydrogens (tertiary/aromatic N) is 6. The van der Waals surface area contributed by atoms with Crippen LogP contribution in [0.5, 0.6) is 0 Å². The molecular formula is C30H32N6O3. The van der Waals surface area contributed by atoms with Crippen molar-refractivity contribution in [2.24, 2.45) is 0 Å². The lowest BCUT2D eigenvalue weighted by Crippen LogP contribution is -2.40. The van der Waals surface area contributed by atoms with Crippen molar-refractivity contribution < 1.29 is 14.4 Å². The topological polar surface area (TPSA) is 102 Å².